The van der Waals surface area contributed by atoms with Crippen molar-refractivity contribution in [2.45, 2.75) is 6.92 Å². The molecule has 0 radical (unpaired) electrons. The maximum Gasteiger partial charge on any atom is 0.217 e. The number of aryl methyl sites for hydroxylation is 1. The van der Waals surface area contributed by atoms with Gasteiger partial charge in [0.15, 0.2) is 17.4 Å². The average Bonchev–Trinajstić information content (AvgIpc) is 2.61. The summed E-state index contributed by atoms with van der Waals surface area (Å²) in [5.41, 5.74) is 0.255. The van der Waals surface area contributed by atoms with Crippen LogP contribution in [0.3, 0.4) is 0 Å². The Kier molecular flexibility index (Phi) is 3.44. The predicted octanol–water partition coefficient (Wildman–Crippen LogP) is 4.56. The maximum absolute atomic E-state index is 14.2. The molecule has 26 heavy (non-hydrogen) atoms. The number of hydrogen-bond donors (Lipinski definition) is 2. The first kappa shape index (κ1) is 16.1. The molecule has 0 aromatic heterocycles. The van der Waals surface area contributed by atoms with Crippen molar-refractivity contribution in [1.82, 2.24) is 0 Å². The summed E-state index contributed by atoms with van der Waals surface area (Å²) < 4.78 is 33.8. The summed E-state index contributed by atoms with van der Waals surface area (Å²) in [5, 5.41) is 20.4. The van der Waals surface area contributed by atoms with Crippen molar-refractivity contribution in [3.8, 4) is 33.9 Å². The molecule has 0 bridgehead atoms. The predicted molar refractivity (Wildman–Crippen MR) is 92.5 cm³/mol. The zero-order chi connectivity index (χ0) is 18.6. The molecule has 2 aliphatic rings. The molecule has 4 rings (SSSR count). The summed E-state index contributed by atoms with van der Waals surface area (Å²) >= 11 is 0. The topological polar surface area (TPSA) is 70.7 Å². The van der Waals surface area contributed by atoms with Crippen LogP contribution in [0.1, 0.15) is 5.56 Å². The van der Waals surface area contributed by atoms with Crippen molar-refractivity contribution >= 4 is 11.0 Å². The van der Waals surface area contributed by atoms with Crippen molar-refractivity contribution in [2.24, 2.45) is 0 Å². The Morgan fingerprint density at radius 2 is 1.69 bits per heavy atom. The van der Waals surface area contributed by atoms with Crippen LogP contribution >= 0.6 is 0 Å². The van der Waals surface area contributed by atoms with Gasteiger partial charge in [0.2, 0.25) is 5.43 Å². The third-order valence-corrected chi connectivity index (χ3v) is 4.40. The highest BCUT2D eigenvalue weighted by atomic mass is 19.1. The van der Waals surface area contributed by atoms with E-state index >= 15 is 0 Å². The molecular formula is C20H12F2O4. The first-order valence-electron chi connectivity index (χ1n) is 7.75. The molecule has 4 nitrogen and oxygen atoms in total. The number of aromatic hydroxyl groups is 2. The first-order valence-corrected chi connectivity index (χ1v) is 7.75. The van der Waals surface area contributed by atoms with Crippen LogP contribution in [0, 0.1) is 18.6 Å². The second-order valence-electron chi connectivity index (χ2n) is 5.98. The number of phenolic OH excluding ortho intramolecular Hbond substituents is 2. The van der Waals surface area contributed by atoms with Gasteiger partial charge in [-0.3, -0.25) is 4.79 Å². The largest absolute Gasteiger partial charge is 0.507 e. The number of phenols is 2. The van der Waals surface area contributed by atoms with Gasteiger partial charge in [-0.15, -0.1) is 0 Å². The summed E-state index contributed by atoms with van der Waals surface area (Å²) in [6.07, 6.45) is 0. The van der Waals surface area contributed by atoms with Crippen LogP contribution in [0.25, 0.3) is 33.4 Å². The van der Waals surface area contributed by atoms with Crippen LogP contribution in [-0.2, 0) is 0 Å². The minimum atomic E-state index is -0.986. The van der Waals surface area contributed by atoms with E-state index in [1.807, 2.05) is 0 Å². The lowest BCUT2D eigenvalue weighted by Crippen LogP contribution is -2.07. The number of rotatable bonds is 1. The Bertz CT molecular complexity index is 1210. The second-order valence-corrected chi connectivity index (χ2v) is 5.98. The van der Waals surface area contributed by atoms with E-state index < -0.39 is 22.8 Å². The van der Waals surface area contributed by atoms with E-state index in [4.69, 9.17) is 4.42 Å². The van der Waals surface area contributed by atoms with E-state index in [1.165, 1.54) is 13.0 Å². The fraction of sp³-hybridized carbons (Fsp3) is 0.0500. The van der Waals surface area contributed by atoms with Crippen LogP contribution in [0.15, 0.2) is 51.7 Å². The fourth-order valence-electron chi connectivity index (χ4n) is 3.11. The minimum absolute atomic E-state index is 0.0660. The summed E-state index contributed by atoms with van der Waals surface area (Å²) in [7, 11) is 0. The molecule has 0 fully saturated rings. The highest BCUT2D eigenvalue weighted by Crippen LogP contribution is 2.45. The van der Waals surface area contributed by atoms with E-state index in [0.717, 1.165) is 18.2 Å². The molecule has 0 atom stereocenters. The molecule has 0 spiro atoms. The number of fused-ring (bicyclic) bond motifs is 2. The maximum atomic E-state index is 14.2. The zero-order valence-corrected chi connectivity index (χ0v) is 13.5. The van der Waals surface area contributed by atoms with Crippen molar-refractivity contribution in [1.29, 1.82) is 0 Å². The molecule has 1 aliphatic carbocycles. The molecule has 1 aliphatic heterocycles. The Morgan fingerprint density at radius 1 is 0.962 bits per heavy atom. The van der Waals surface area contributed by atoms with Gasteiger partial charge in [-0.25, -0.2) is 8.78 Å². The van der Waals surface area contributed by atoms with Gasteiger partial charge in [0.25, 0.3) is 0 Å². The van der Waals surface area contributed by atoms with Gasteiger partial charge in [-0.2, -0.15) is 0 Å². The van der Waals surface area contributed by atoms with Crippen LogP contribution in [0.4, 0.5) is 8.78 Å². The van der Waals surface area contributed by atoms with Crippen LogP contribution < -0.4 is 5.43 Å². The standard InChI is InChI=1S/C20H12F2O4/c1-9-19(25)14(22)7-12-18(10-4-2-3-5-15(10)23)11-6-13(21)16(24)8-17(11)26-20(9)12/h2-8,23,25H,1H3. The molecule has 2 N–H and O–H groups in total. The smallest absolute Gasteiger partial charge is 0.217 e. The van der Waals surface area contributed by atoms with Crippen molar-refractivity contribution in [3.63, 3.8) is 0 Å². The van der Waals surface area contributed by atoms with Crippen molar-refractivity contribution in [3.05, 3.63) is 69.9 Å². The van der Waals surface area contributed by atoms with E-state index in [2.05, 4.69) is 0 Å². The average molecular weight is 354 g/mol. The highest BCUT2D eigenvalue weighted by Gasteiger charge is 2.24. The number of hydrogen-bond acceptors (Lipinski definition) is 4. The summed E-state index contributed by atoms with van der Waals surface area (Å²) in [6.45, 7) is 1.46. The highest BCUT2D eigenvalue weighted by molar-refractivity contribution is 6.04. The van der Waals surface area contributed by atoms with Gasteiger partial charge in [0, 0.05) is 33.7 Å². The fourth-order valence-corrected chi connectivity index (χ4v) is 3.11. The van der Waals surface area contributed by atoms with Gasteiger partial charge < -0.3 is 14.6 Å². The SMILES string of the molecule is Cc1c(O)c(F)cc2c(-c3ccccc3O)c3cc(F)c(=O)cc-3oc12. The Morgan fingerprint density at radius 3 is 2.42 bits per heavy atom. The van der Waals surface area contributed by atoms with Gasteiger partial charge in [0.05, 0.1) is 0 Å². The van der Waals surface area contributed by atoms with E-state index in [0.29, 0.717) is 11.1 Å². The molecule has 130 valence electrons. The molecule has 0 amide bonds. The van der Waals surface area contributed by atoms with Gasteiger partial charge in [0.1, 0.15) is 17.1 Å². The normalized spacial score (nSPS) is 11.3. The van der Waals surface area contributed by atoms with Gasteiger partial charge in [-0.1, -0.05) is 18.2 Å². The number of benzene rings is 3. The number of para-hydroxylation sites is 1. The molecular weight excluding hydrogens is 342 g/mol. The Labute approximate surface area is 145 Å². The monoisotopic (exact) mass is 354 g/mol. The van der Waals surface area contributed by atoms with E-state index in [1.54, 1.807) is 18.2 Å². The number of halogens is 2. The lowest BCUT2D eigenvalue weighted by Gasteiger charge is -2.17. The zero-order valence-electron chi connectivity index (χ0n) is 13.5. The molecule has 0 unspecified atom stereocenters. The van der Waals surface area contributed by atoms with E-state index in [-0.39, 0.29) is 33.6 Å². The van der Waals surface area contributed by atoms with Gasteiger partial charge >= 0.3 is 0 Å². The quantitative estimate of drug-likeness (QED) is 0.492. The van der Waals surface area contributed by atoms with Crippen LogP contribution in [-0.4, -0.2) is 10.2 Å². The van der Waals surface area contributed by atoms with Crippen molar-refractivity contribution < 1.29 is 23.4 Å². The van der Waals surface area contributed by atoms with E-state index in [9.17, 15) is 23.8 Å². The second kappa shape index (κ2) is 5.56. The molecule has 0 saturated heterocycles. The lowest BCUT2D eigenvalue weighted by molar-refractivity contribution is 0.428. The Balaban J connectivity index is 2.31. The third kappa shape index (κ3) is 2.23. The third-order valence-electron chi connectivity index (χ3n) is 4.40. The molecule has 1 heterocycles. The minimum Gasteiger partial charge on any atom is -0.507 e. The lowest BCUT2D eigenvalue weighted by atomic mass is 9.92. The molecule has 2 aromatic rings. The Hall–Kier alpha value is -3.41. The van der Waals surface area contributed by atoms with Crippen LogP contribution in [0.2, 0.25) is 0 Å². The van der Waals surface area contributed by atoms with Gasteiger partial charge in [-0.05, 0) is 25.1 Å². The summed E-state index contributed by atoms with van der Waals surface area (Å²) in [6, 6.07) is 9.37. The molecule has 2 aromatic carbocycles. The first-order chi connectivity index (χ1) is 12.4. The van der Waals surface area contributed by atoms with Crippen LogP contribution in [0.5, 0.6) is 11.5 Å². The molecule has 0 saturated carbocycles. The summed E-state index contributed by atoms with van der Waals surface area (Å²) in [5.74, 6) is -2.47. The molecule has 6 heteroatoms. The summed E-state index contributed by atoms with van der Waals surface area (Å²) in [4.78, 5) is 11.7. The van der Waals surface area contributed by atoms with Crippen molar-refractivity contribution in [2.75, 3.05) is 0 Å².